The van der Waals surface area contributed by atoms with E-state index in [0.29, 0.717) is 11.3 Å². The highest BCUT2D eigenvalue weighted by atomic mass is 19.1. The topological polar surface area (TPSA) is 102 Å². The number of rotatable bonds is 7. The molecule has 0 heterocycles. The zero-order valence-corrected chi connectivity index (χ0v) is 15.3. The fourth-order valence-electron chi connectivity index (χ4n) is 2.25. The van der Waals surface area contributed by atoms with Crippen LogP contribution in [-0.4, -0.2) is 36.2 Å². The van der Waals surface area contributed by atoms with Crippen molar-refractivity contribution in [2.75, 3.05) is 11.9 Å². The van der Waals surface area contributed by atoms with Crippen LogP contribution >= 0.6 is 0 Å². The quantitative estimate of drug-likeness (QED) is 0.562. The minimum Gasteiger partial charge on any atom is -0.451 e. The van der Waals surface area contributed by atoms with E-state index in [2.05, 4.69) is 10.6 Å². The highest BCUT2D eigenvalue weighted by Gasteiger charge is 2.19. The maximum absolute atomic E-state index is 13.5. The number of hydrogen-bond donors (Lipinski definition) is 2. The van der Waals surface area contributed by atoms with Crippen molar-refractivity contribution in [2.45, 2.75) is 20.0 Å². The average Bonchev–Trinajstić information content (AvgIpc) is 2.66. The molecule has 2 aromatic carbocycles. The molecule has 0 spiro atoms. The first-order chi connectivity index (χ1) is 13.3. The lowest BCUT2D eigenvalue weighted by Crippen LogP contribution is -2.36. The Morgan fingerprint density at radius 3 is 2.46 bits per heavy atom. The molecule has 1 atom stereocenters. The van der Waals surface area contributed by atoms with E-state index in [0.717, 1.165) is 6.07 Å². The van der Waals surface area contributed by atoms with Gasteiger partial charge in [0.2, 0.25) is 0 Å². The van der Waals surface area contributed by atoms with Gasteiger partial charge < -0.3 is 15.4 Å². The van der Waals surface area contributed by atoms with Gasteiger partial charge in [0, 0.05) is 11.3 Å². The number of ether oxygens (including phenoxy) is 1. The number of anilines is 1. The number of amides is 2. The molecular formula is C20H19FN2O5. The lowest BCUT2D eigenvalue weighted by molar-refractivity contribution is -0.152. The average molecular weight is 386 g/mol. The number of carbonyl (C=O) groups excluding carboxylic acids is 4. The molecule has 2 amide bonds. The molecule has 7 nitrogen and oxygen atoms in total. The Balaban J connectivity index is 1.85. The maximum Gasteiger partial charge on any atom is 0.326 e. The fraction of sp³-hybridized carbons (Fsp3) is 0.200. The summed E-state index contributed by atoms with van der Waals surface area (Å²) in [6.45, 7) is 2.24. The Morgan fingerprint density at radius 2 is 1.79 bits per heavy atom. The number of hydrogen-bond acceptors (Lipinski definition) is 5. The third kappa shape index (κ3) is 5.73. The summed E-state index contributed by atoms with van der Waals surface area (Å²) in [7, 11) is 0. The van der Waals surface area contributed by atoms with E-state index >= 15 is 0 Å². The summed E-state index contributed by atoms with van der Waals surface area (Å²) in [5.41, 5.74) is 0.609. The molecule has 0 aliphatic rings. The van der Waals surface area contributed by atoms with Gasteiger partial charge in [-0.05, 0) is 38.1 Å². The Morgan fingerprint density at radius 1 is 1.07 bits per heavy atom. The van der Waals surface area contributed by atoms with E-state index in [-0.39, 0.29) is 11.3 Å². The highest BCUT2D eigenvalue weighted by Crippen LogP contribution is 2.12. The summed E-state index contributed by atoms with van der Waals surface area (Å²) < 4.78 is 18.5. The number of halogens is 1. The first kappa shape index (κ1) is 20.8. The predicted octanol–water partition coefficient (Wildman–Crippen LogP) is 2.33. The summed E-state index contributed by atoms with van der Waals surface area (Å²) in [4.78, 5) is 47.2. The summed E-state index contributed by atoms with van der Waals surface area (Å²) >= 11 is 0. The van der Waals surface area contributed by atoms with E-state index in [4.69, 9.17) is 4.74 Å². The van der Waals surface area contributed by atoms with Crippen molar-refractivity contribution >= 4 is 29.3 Å². The third-order valence-electron chi connectivity index (χ3n) is 3.73. The van der Waals surface area contributed by atoms with Crippen LogP contribution in [0.15, 0.2) is 48.5 Å². The molecule has 2 rings (SSSR count). The lowest BCUT2D eigenvalue weighted by Gasteiger charge is -2.14. The van der Waals surface area contributed by atoms with Gasteiger partial charge in [-0.3, -0.25) is 19.2 Å². The molecular weight excluding hydrogens is 367 g/mol. The minimum atomic E-state index is -1.14. The second-order valence-electron chi connectivity index (χ2n) is 5.92. The van der Waals surface area contributed by atoms with Gasteiger partial charge in [0.25, 0.3) is 11.8 Å². The number of esters is 1. The number of nitrogens with one attached hydrogen (secondary N) is 2. The van der Waals surface area contributed by atoms with Crippen LogP contribution in [0.4, 0.5) is 10.1 Å². The molecule has 0 unspecified atom stereocenters. The number of Topliss-reactive ketones (excluding diaryl/α,β-unsaturated/α-hetero) is 1. The zero-order valence-electron chi connectivity index (χ0n) is 15.3. The van der Waals surface area contributed by atoms with E-state index in [1.807, 2.05) is 0 Å². The van der Waals surface area contributed by atoms with Crippen LogP contribution < -0.4 is 10.6 Å². The molecule has 2 aromatic rings. The third-order valence-corrected chi connectivity index (χ3v) is 3.73. The fourth-order valence-corrected chi connectivity index (χ4v) is 2.25. The Labute approximate surface area is 160 Å². The number of carbonyl (C=O) groups is 4. The van der Waals surface area contributed by atoms with Crippen LogP contribution in [0.1, 0.15) is 34.6 Å². The van der Waals surface area contributed by atoms with Crippen molar-refractivity contribution in [3.8, 4) is 0 Å². The molecule has 8 heteroatoms. The first-order valence-electron chi connectivity index (χ1n) is 8.42. The van der Waals surface area contributed by atoms with E-state index in [9.17, 15) is 23.6 Å². The largest absolute Gasteiger partial charge is 0.451 e. The maximum atomic E-state index is 13.5. The molecule has 0 bridgehead atoms. The van der Waals surface area contributed by atoms with Gasteiger partial charge in [0.1, 0.15) is 12.4 Å². The Kier molecular flexibility index (Phi) is 6.97. The van der Waals surface area contributed by atoms with Crippen LogP contribution in [0, 0.1) is 5.82 Å². The lowest BCUT2D eigenvalue weighted by atomic mass is 10.1. The van der Waals surface area contributed by atoms with Crippen molar-refractivity contribution in [3.63, 3.8) is 0 Å². The smallest absolute Gasteiger partial charge is 0.326 e. The summed E-state index contributed by atoms with van der Waals surface area (Å²) in [5.74, 6) is -3.09. The molecule has 28 heavy (non-hydrogen) atoms. The van der Waals surface area contributed by atoms with Gasteiger partial charge in [-0.25, -0.2) is 4.39 Å². The standard InChI is InChI=1S/C20H19FN2O5/c1-12(24)14-6-5-7-15(10-14)23-19(26)13(2)28-18(25)11-22-20(27)16-8-3-4-9-17(16)21/h3-10,13H,11H2,1-2H3,(H,22,27)(H,23,26)/t13-/m0/s1. The summed E-state index contributed by atoms with van der Waals surface area (Å²) in [6, 6.07) is 11.6. The van der Waals surface area contributed by atoms with Crippen LogP contribution in [-0.2, 0) is 14.3 Å². The molecule has 0 radical (unpaired) electrons. The molecule has 0 saturated carbocycles. The van der Waals surface area contributed by atoms with Crippen LogP contribution in [0.3, 0.4) is 0 Å². The van der Waals surface area contributed by atoms with E-state index < -0.39 is 36.2 Å². The van der Waals surface area contributed by atoms with Crippen molar-refractivity contribution in [1.29, 1.82) is 0 Å². The van der Waals surface area contributed by atoms with E-state index in [1.54, 1.807) is 18.2 Å². The first-order valence-corrected chi connectivity index (χ1v) is 8.42. The summed E-state index contributed by atoms with van der Waals surface area (Å²) in [6.07, 6.45) is -1.14. The van der Waals surface area contributed by atoms with Crippen molar-refractivity contribution in [1.82, 2.24) is 5.32 Å². The Hall–Kier alpha value is -3.55. The molecule has 0 aliphatic carbocycles. The van der Waals surface area contributed by atoms with Crippen LogP contribution in [0.5, 0.6) is 0 Å². The minimum absolute atomic E-state index is 0.152. The highest BCUT2D eigenvalue weighted by molar-refractivity contribution is 5.99. The van der Waals surface area contributed by atoms with Crippen molar-refractivity contribution in [3.05, 3.63) is 65.5 Å². The van der Waals surface area contributed by atoms with Crippen LogP contribution in [0.2, 0.25) is 0 Å². The second-order valence-corrected chi connectivity index (χ2v) is 5.92. The van der Waals surface area contributed by atoms with Gasteiger partial charge in [0.15, 0.2) is 11.9 Å². The molecule has 146 valence electrons. The monoisotopic (exact) mass is 386 g/mol. The second kappa shape index (κ2) is 9.40. The van der Waals surface area contributed by atoms with Gasteiger partial charge in [0.05, 0.1) is 5.56 Å². The zero-order chi connectivity index (χ0) is 20.7. The van der Waals surface area contributed by atoms with E-state index in [1.165, 1.54) is 38.1 Å². The molecule has 0 fully saturated rings. The molecule has 0 saturated heterocycles. The normalized spacial score (nSPS) is 11.2. The van der Waals surface area contributed by atoms with Gasteiger partial charge in [-0.15, -0.1) is 0 Å². The Bertz CT molecular complexity index is 913. The van der Waals surface area contributed by atoms with Crippen LogP contribution in [0.25, 0.3) is 0 Å². The van der Waals surface area contributed by atoms with Crippen molar-refractivity contribution < 1.29 is 28.3 Å². The summed E-state index contributed by atoms with van der Waals surface area (Å²) in [5, 5.41) is 4.77. The molecule has 0 aromatic heterocycles. The van der Waals surface area contributed by atoms with Gasteiger partial charge in [-0.1, -0.05) is 24.3 Å². The predicted molar refractivity (Wildman–Crippen MR) is 99.4 cm³/mol. The van der Waals surface area contributed by atoms with Gasteiger partial charge >= 0.3 is 5.97 Å². The number of benzene rings is 2. The molecule has 0 aliphatic heterocycles. The molecule has 2 N–H and O–H groups in total. The SMILES string of the molecule is CC(=O)c1cccc(NC(=O)[C@H](C)OC(=O)CNC(=O)c2ccccc2F)c1. The van der Waals surface area contributed by atoms with Crippen molar-refractivity contribution in [2.24, 2.45) is 0 Å². The number of ketones is 1. The van der Waals surface area contributed by atoms with Gasteiger partial charge in [-0.2, -0.15) is 0 Å².